The Bertz CT molecular complexity index is 543. The number of hydrogen-bond donors (Lipinski definition) is 1. The first-order chi connectivity index (χ1) is 11.2. The maximum absolute atomic E-state index is 11.5. The molecule has 1 heterocycles. The van der Waals surface area contributed by atoms with Crippen LogP contribution in [0.2, 0.25) is 0 Å². The van der Waals surface area contributed by atoms with Gasteiger partial charge < -0.3 is 19.7 Å². The number of methoxy groups -OCH3 is 1. The number of amides is 1. The molecular formula is C17H26BrClN2O3. The fourth-order valence-electron chi connectivity index (χ4n) is 2.73. The topological polar surface area (TPSA) is 50.8 Å². The van der Waals surface area contributed by atoms with Crippen molar-refractivity contribution in [3.05, 3.63) is 22.2 Å². The van der Waals surface area contributed by atoms with Crippen LogP contribution in [0.3, 0.4) is 0 Å². The quantitative estimate of drug-likeness (QED) is 0.621. The van der Waals surface area contributed by atoms with Gasteiger partial charge in [0, 0.05) is 26.1 Å². The monoisotopic (exact) mass is 420 g/mol. The van der Waals surface area contributed by atoms with Gasteiger partial charge in [-0.05, 0) is 59.9 Å². The molecule has 0 bridgehead atoms. The van der Waals surface area contributed by atoms with E-state index in [-0.39, 0.29) is 12.4 Å². The smallest absolute Gasteiger partial charge is 0.222 e. The minimum Gasteiger partial charge on any atom is -0.493 e. The van der Waals surface area contributed by atoms with Gasteiger partial charge in [0.05, 0.1) is 18.2 Å². The molecule has 0 spiro atoms. The third kappa shape index (κ3) is 5.83. The maximum Gasteiger partial charge on any atom is 0.222 e. The normalized spacial score (nSPS) is 13.8. The number of benzene rings is 1. The molecule has 0 aromatic heterocycles. The van der Waals surface area contributed by atoms with Gasteiger partial charge in [-0.1, -0.05) is 0 Å². The molecule has 0 radical (unpaired) electrons. The lowest BCUT2D eigenvalue weighted by molar-refractivity contribution is -0.127. The van der Waals surface area contributed by atoms with Crippen molar-refractivity contribution in [2.24, 2.45) is 0 Å². The lowest BCUT2D eigenvalue weighted by atomic mass is 10.2. The molecule has 136 valence electrons. The average Bonchev–Trinajstić information content (AvgIpc) is 2.94. The molecule has 0 saturated carbocycles. The summed E-state index contributed by atoms with van der Waals surface area (Å²) in [5.41, 5.74) is 1.13. The van der Waals surface area contributed by atoms with E-state index in [1.807, 2.05) is 24.0 Å². The van der Waals surface area contributed by atoms with E-state index in [1.165, 1.54) is 0 Å². The molecule has 1 N–H and O–H groups in total. The Morgan fingerprint density at radius 2 is 2.17 bits per heavy atom. The van der Waals surface area contributed by atoms with Gasteiger partial charge >= 0.3 is 0 Å². The largest absolute Gasteiger partial charge is 0.493 e. The minimum atomic E-state index is 0. The highest BCUT2D eigenvalue weighted by Gasteiger charge is 2.18. The van der Waals surface area contributed by atoms with Crippen LogP contribution in [-0.2, 0) is 11.3 Å². The molecule has 24 heavy (non-hydrogen) atoms. The van der Waals surface area contributed by atoms with Crippen LogP contribution in [0, 0.1) is 0 Å². The van der Waals surface area contributed by atoms with Crippen LogP contribution in [0.15, 0.2) is 16.6 Å². The van der Waals surface area contributed by atoms with Crippen LogP contribution in [0.1, 0.15) is 31.7 Å². The van der Waals surface area contributed by atoms with Crippen LogP contribution in [-0.4, -0.2) is 44.2 Å². The molecule has 2 rings (SSSR count). The first-order valence-corrected chi connectivity index (χ1v) is 8.92. The zero-order valence-electron chi connectivity index (χ0n) is 14.3. The van der Waals surface area contributed by atoms with Crippen molar-refractivity contribution < 1.29 is 14.3 Å². The van der Waals surface area contributed by atoms with Crippen LogP contribution in [0.5, 0.6) is 11.5 Å². The summed E-state index contributed by atoms with van der Waals surface area (Å²) in [6.45, 7) is 5.96. The second-order valence-corrected chi connectivity index (χ2v) is 6.41. The third-order valence-corrected chi connectivity index (χ3v) is 4.45. The number of rotatable bonds is 9. The zero-order valence-corrected chi connectivity index (χ0v) is 16.7. The summed E-state index contributed by atoms with van der Waals surface area (Å²) < 4.78 is 11.9. The summed E-state index contributed by atoms with van der Waals surface area (Å²) in [6.07, 6.45) is 2.70. The molecular weight excluding hydrogens is 396 g/mol. The summed E-state index contributed by atoms with van der Waals surface area (Å²) in [5.74, 6) is 1.78. The summed E-state index contributed by atoms with van der Waals surface area (Å²) >= 11 is 3.54. The predicted octanol–water partition coefficient (Wildman–Crippen LogP) is 3.38. The SMILES string of the molecule is CCOc1c(Br)cc(CNCCCN2CCCC2=O)cc1OC.Cl. The number of likely N-dealkylation sites (tertiary alicyclic amines) is 1. The molecule has 7 heteroatoms. The second-order valence-electron chi connectivity index (χ2n) is 5.56. The fourth-order valence-corrected chi connectivity index (χ4v) is 3.33. The Balaban J connectivity index is 0.00000288. The number of carbonyl (C=O) groups excluding carboxylic acids is 1. The van der Waals surface area contributed by atoms with E-state index < -0.39 is 0 Å². The van der Waals surface area contributed by atoms with Crippen LogP contribution >= 0.6 is 28.3 Å². The van der Waals surface area contributed by atoms with Gasteiger partial charge in [-0.15, -0.1) is 12.4 Å². The van der Waals surface area contributed by atoms with E-state index in [2.05, 4.69) is 21.2 Å². The number of nitrogens with one attached hydrogen (secondary N) is 1. The van der Waals surface area contributed by atoms with Crippen LogP contribution in [0.4, 0.5) is 0 Å². The standard InChI is InChI=1S/C17H25BrN2O3.ClH/c1-3-23-17-14(18)10-13(11-15(17)22-2)12-19-7-5-9-20-8-4-6-16(20)21;/h10-11,19H,3-9,12H2,1-2H3;1H. The molecule has 1 amide bonds. The highest BCUT2D eigenvalue weighted by atomic mass is 79.9. The van der Waals surface area contributed by atoms with E-state index in [1.54, 1.807) is 7.11 Å². The first-order valence-electron chi connectivity index (χ1n) is 8.13. The Morgan fingerprint density at radius 1 is 1.38 bits per heavy atom. The number of halogens is 2. The third-order valence-electron chi connectivity index (χ3n) is 3.86. The van der Waals surface area contributed by atoms with Gasteiger partial charge in [-0.2, -0.15) is 0 Å². The molecule has 0 unspecified atom stereocenters. The Labute approximate surface area is 158 Å². The van der Waals surface area contributed by atoms with E-state index in [0.29, 0.717) is 18.9 Å². The van der Waals surface area contributed by atoms with Gasteiger partial charge in [0.2, 0.25) is 5.91 Å². The highest BCUT2D eigenvalue weighted by Crippen LogP contribution is 2.36. The predicted molar refractivity (Wildman–Crippen MR) is 101 cm³/mol. The van der Waals surface area contributed by atoms with E-state index >= 15 is 0 Å². The van der Waals surface area contributed by atoms with Gasteiger partial charge in [-0.25, -0.2) is 0 Å². The molecule has 1 aliphatic heterocycles. The number of carbonyl (C=O) groups is 1. The van der Waals surface area contributed by atoms with Gasteiger partial charge in [-0.3, -0.25) is 4.79 Å². The van der Waals surface area contributed by atoms with E-state index in [0.717, 1.165) is 60.6 Å². The zero-order chi connectivity index (χ0) is 16.7. The Kier molecular flexibility index (Phi) is 9.48. The van der Waals surface area contributed by atoms with Gasteiger partial charge in [0.15, 0.2) is 11.5 Å². The number of hydrogen-bond acceptors (Lipinski definition) is 4. The van der Waals surface area contributed by atoms with Crippen molar-refractivity contribution in [1.82, 2.24) is 10.2 Å². The summed E-state index contributed by atoms with van der Waals surface area (Å²) in [6, 6.07) is 4.04. The highest BCUT2D eigenvalue weighted by molar-refractivity contribution is 9.10. The van der Waals surface area contributed by atoms with Crippen molar-refractivity contribution in [3.63, 3.8) is 0 Å². The average molecular weight is 422 g/mol. The van der Waals surface area contributed by atoms with Crippen molar-refractivity contribution in [3.8, 4) is 11.5 Å². The lowest BCUT2D eigenvalue weighted by Gasteiger charge is -2.16. The van der Waals surface area contributed by atoms with Gasteiger partial charge in [0.25, 0.3) is 0 Å². The van der Waals surface area contributed by atoms with Crippen molar-refractivity contribution in [1.29, 1.82) is 0 Å². The molecule has 1 aromatic carbocycles. The summed E-state index contributed by atoms with van der Waals surface area (Å²) in [4.78, 5) is 13.5. The lowest BCUT2D eigenvalue weighted by Crippen LogP contribution is -2.28. The molecule has 1 fully saturated rings. The summed E-state index contributed by atoms with van der Waals surface area (Å²) in [5, 5.41) is 3.42. The van der Waals surface area contributed by atoms with Gasteiger partial charge in [0.1, 0.15) is 0 Å². The number of ether oxygens (including phenoxy) is 2. The molecule has 1 aliphatic rings. The minimum absolute atomic E-state index is 0. The van der Waals surface area contributed by atoms with E-state index in [4.69, 9.17) is 9.47 Å². The second kappa shape index (κ2) is 10.8. The molecule has 0 atom stereocenters. The van der Waals surface area contributed by atoms with Crippen LogP contribution in [0.25, 0.3) is 0 Å². The molecule has 5 nitrogen and oxygen atoms in total. The molecule has 1 aromatic rings. The Morgan fingerprint density at radius 3 is 2.79 bits per heavy atom. The molecule has 1 saturated heterocycles. The van der Waals surface area contributed by atoms with Crippen molar-refractivity contribution >= 4 is 34.2 Å². The fraction of sp³-hybridized carbons (Fsp3) is 0.588. The molecule has 0 aliphatic carbocycles. The van der Waals surface area contributed by atoms with Crippen LogP contribution < -0.4 is 14.8 Å². The first kappa shape index (κ1) is 21.1. The van der Waals surface area contributed by atoms with Crippen molar-refractivity contribution in [2.45, 2.75) is 32.7 Å². The van der Waals surface area contributed by atoms with E-state index in [9.17, 15) is 4.79 Å². The summed E-state index contributed by atoms with van der Waals surface area (Å²) in [7, 11) is 1.65. The number of nitrogens with zero attached hydrogens (tertiary/aromatic N) is 1. The van der Waals surface area contributed by atoms with Crippen molar-refractivity contribution in [2.75, 3.05) is 33.4 Å². The Hall–Kier alpha value is -0.980. The maximum atomic E-state index is 11.5.